The van der Waals surface area contributed by atoms with E-state index in [9.17, 15) is 14.7 Å². The van der Waals surface area contributed by atoms with Crippen LogP contribution in [0, 0.1) is 5.92 Å². The summed E-state index contributed by atoms with van der Waals surface area (Å²) in [7, 11) is 0. The molecule has 1 aliphatic rings. The van der Waals surface area contributed by atoms with Crippen LogP contribution in [0.15, 0.2) is 0 Å². The third-order valence-corrected chi connectivity index (χ3v) is 2.52. The fraction of sp³-hybridized carbons (Fsp3) is 0.778. The third kappa shape index (κ3) is 2.45. The van der Waals surface area contributed by atoms with Gasteiger partial charge in [0.25, 0.3) is 0 Å². The maximum atomic E-state index is 11.5. The first-order valence-electron chi connectivity index (χ1n) is 4.72. The van der Waals surface area contributed by atoms with Crippen molar-refractivity contribution in [2.24, 2.45) is 5.92 Å². The minimum atomic E-state index is -1.10. The second-order valence-corrected chi connectivity index (χ2v) is 3.62. The molecule has 80 valence electrons. The highest BCUT2D eigenvalue weighted by Gasteiger charge is 2.28. The van der Waals surface area contributed by atoms with Crippen LogP contribution in [0.5, 0.6) is 0 Å². The first-order chi connectivity index (χ1) is 6.52. The van der Waals surface area contributed by atoms with E-state index in [4.69, 9.17) is 5.11 Å². The normalized spacial score (nSPS) is 20.6. The SMILES string of the molecule is CC(C(=O)O)C(=O)N1CCC(O)CC1. The number of piperidine rings is 1. The number of carbonyl (C=O) groups is 2. The van der Waals surface area contributed by atoms with Gasteiger partial charge in [0.05, 0.1) is 6.10 Å². The predicted octanol–water partition coefficient (Wildman–Crippen LogP) is -0.310. The topological polar surface area (TPSA) is 77.8 Å². The molecule has 1 atom stereocenters. The first kappa shape index (κ1) is 11.0. The van der Waals surface area contributed by atoms with Crippen LogP contribution in [0.4, 0.5) is 0 Å². The minimum Gasteiger partial charge on any atom is -0.481 e. The molecule has 14 heavy (non-hydrogen) atoms. The lowest BCUT2D eigenvalue weighted by atomic mass is 10.1. The lowest BCUT2D eigenvalue weighted by Crippen LogP contribution is -2.44. The van der Waals surface area contributed by atoms with Crippen molar-refractivity contribution in [3.8, 4) is 0 Å². The van der Waals surface area contributed by atoms with E-state index in [1.54, 1.807) is 0 Å². The molecule has 2 N–H and O–H groups in total. The van der Waals surface area contributed by atoms with Crippen LogP contribution in [0.3, 0.4) is 0 Å². The van der Waals surface area contributed by atoms with Crippen molar-refractivity contribution >= 4 is 11.9 Å². The molecule has 5 heteroatoms. The van der Waals surface area contributed by atoms with Crippen LogP contribution in [-0.2, 0) is 9.59 Å². The molecule has 1 rings (SSSR count). The van der Waals surface area contributed by atoms with Gasteiger partial charge in [-0.05, 0) is 19.8 Å². The van der Waals surface area contributed by atoms with Gasteiger partial charge in [-0.15, -0.1) is 0 Å². The summed E-state index contributed by atoms with van der Waals surface area (Å²) in [6, 6.07) is 0. The van der Waals surface area contributed by atoms with E-state index >= 15 is 0 Å². The van der Waals surface area contributed by atoms with Crippen molar-refractivity contribution in [2.45, 2.75) is 25.9 Å². The number of amides is 1. The van der Waals surface area contributed by atoms with Crippen LogP contribution in [-0.4, -0.2) is 46.2 Å². The smallest absolute Gasteiger partial charge is 0.315 e. The van der Waals surface area contributed by atoms with Crippen molar-refractivity contribution in [3.63, 3.8) is 0 Å². The zero-order valence-electron chi connectivity index (χ0n) is 8.14. The summed E-state index contributed by atoms with van der Waals surface area (Å²) in [5.41, 5.74) is 0. The molecule has 1 heterocycles. The summed E-state index contributed by atoms with van der Waals surface area (Å²) < 4.78 is 0. The van der Waals surface area contributed by atoms with Crippen LogP contribution < -0.4 is 0 Å². The van der Waals surface area contributed by atoms with Gasteiger partial charge >= 0.3 is 5.97 Å². The summed E-state index contributed by atoms with van der Waals surface area (Å²) in [4.78, 5) is 23.6. The molecule has 0 aromatic rings. The Kier molecular flexibility index (Phi) is 3.46. The second kappa shape index (κ2) is 4.41. The van der Waals surface area contributed by atoms with Gasteiger partial charge in [-0.2, -0.15) is 0 Å². The van der Waals surface area contributed by atoms with Crippen LogP contribution >= 0.6 is 0 Å². The highest BCUT2D eigenvalue weighted by atomic mass is 16.4. The van der Waals surface area contributed by atoms with Crippen LogP contribution in [0.1, 0.15) is 19.8 Å². The largest absolute Gasteiger partial charge is 0.481 e. The van der Waals surface area contributed by atoms with Gasteiger partial charge in [0.1, 0.15) is 5.92 Å². The standard InChI is InChI=1S/C9H15NO4/c1-6(9(13)14)8(12)10-4-2-7(11)3-5-10/h6-7,11H,2-5H2,1H3,(H,13,14). The highest BCUT2D eigenvalue weighted by Crippen LogP contribution is 2.13. The number of aliphatic hydroxyl groups is 1. The van der Waals surface area contributed by atoms with E-state index in [0.29, 0.717) is 25.9 Å². The van der Waals surface area contributed by atoms with Crippen molar-refractivity contribution in [1.29, 1.82) is 0 Å². The molecule has 1 fully saturated rings. The van der Waals surface area contributed by atoms with E-state index < -0.39 is 11.9 Å². The quantitative estimate of drug-likeness (QED) is 0.601. The number of hydrogen-bond donors (Lipinski definition) is 2. The molecule has 0 aliphatic carbocycles. The molecule has 5 nitrogen and oxygen atoms in total. The van der Waals surface area contributed by atoms with Crippen molar-refractivity contribution < 1.29 is 19.8 Å². The van der Waals surface area contributed by atoms with Gasteiger partial charge in [-0.25, -0.2) is 0 Å². The lowest BCUT2D eigenvalue weighted by molar-refractivity contribution is -0.151. The second-order valence-electron chi connectivity index (χ2n) is 3.62. The fourth-order valence-electron chi connectivity index (χ4n) is 1.47. The van der Waals surface area contributed by atoms with Gasteiger partial charge in [-0.1, -0.05) is 0 Å². The number of carboxylic acids is 1. The molecular weight excluding hydrogens is 186 g/mol. The van der Waals surface area contributed by atoms with E-state index in [-0.39, 0.29) is 12.0 Å². The van der Waals surface area contributed by atoms with Gasteiger partial charge < -0.3 is 15.1 Å². The van der Waals surface area contributed by atoms with Gasteiger partial charge in [0, 0.05) is 13.1 Å². The number of carboxylic acid groups (broad SMARTS) is 1. The lowest BCUT2D eigenvalue weighted by Gasteiger charge is -2.30. The minimum absolute atomic E-state index is 0.348. The summed E-state index contributed by atoms with van der Waals surface area (Å²) in [5, 5.41) is 17.8. The zero-order valence-corrected chi connectivity index (χ0v) is 8.14. The number of likely N-dealkylation sites (tertiary alicyclic amines) is 1. The Labute approximate surface area is 82.3 Å². The molecule has 0 spiro atoms. The Hall–Kier alpha value is -1.10. The van der Waals surface area contributed by atoms with Crippen molar-refractivity contribution in [2.75, 3.05) is 13.1 Å². The molecule has 0 bridgehead atoms. The molecule has 1 unspecified atom stereocenters. The number of rotatable bonds is 2. The molecule has 0 aromatic heterocycles. The summed E-state index contributed by atoms with van der Waals surface area (Å²) >= 11 is 0. The maximum absolute atomic E-state index is 11.5. The third-order valence-electron chi connectivity index (χ3n) is 2.52. The Balaban J connectivity index is 2.49. The summed E-state index contributed by atoms with van der Waals surface area (Å²) in [6.07, 6.45) is 0.732. The molecule has 0 radical (unpaired) electrons. The number of aliphatic carboxylic acids is 1. The Morgan fingerprint density at radius 2 is 1.86 bits per heavy atom. The van der Waals surface area contributed by atoms with Gasteiger partial charge in [0.2, 0.25) is 5.91 Å². The average Bonchev–Trinajstić information content (AvgIpc) is 2.16. The molecule has 0 saturated carbocycles. The fourth-order valence-corrected chi connectivity index (χ4v) is 1.47. The van der Waals surface area contributed by atoms with E-state index in [0.717, 1.165) is 0 Å². The number of nitrogens with zero attached hydrogens (tertiary/aromatic N) is 1. The molecule has 1 saturated heterocycles. The number of carbonyl (C=O) groups excluding carboxylic acids is 1. The first-order valence-corrected chi connectivity index (χ1v) is 4.72. The van der Waals surface area contributed by atoms with Crippen molar-refractivity contribution in [1.82, 2.24) is 4.90 Å². The molecule has 1 aliphatic heterocycles. The Morgan fingerprint density at radius 1 is 1.36 bits per heavy atom. The summed E-state index contributed by atoms with van der Waals surface area (Å²) in [5.74, 6) is -2.43. The van der Waals surface area contributed by atoms with E-state index in [2.05, 4.69) is 0 Å². The maximum Gasteiger partial charge on any atom is 0.315 e. The highest BCUT2D eigenvalue weighted by molar-refractivity contribution is 5.96. The monoisotopic (exact) mass is 201 g/mol. The zero-order chi connectivity index (χ0) is 10.7. The van der Waals surface area contributed by atoms with Gasteiger partial charge in [-0.3, -0.25) is 9.59 Å². The van der Waals surface area contributed by atoms with Crippen LogP contribution in [0.25, 0.3) is 0 Å². The van der Waals surface area contributed by atoms with E-state index in [1.165, 1.54) is 11.8 Å². The van der Waals surface area contributed by atoms with Gasteiger partial charge in [0.15, 0.2) is 0 Å². The Bertz CT molecular complexity index is 233. The number of hydrogen-bond acceptors (Lipinski definition) is 3. The van der Waals surface area contributed by atoms with Crippen molar-refractivity contribution in [3.05, 3.63) is 0 Å². The molecular formula is C9H15NO4. The Morgan fingerprint density at radius 3 is 2.29 bits per heavy atom. The molecule has 1 amide bonds. The van der Waals surface area contributed by atoms with Crippen LogP contribution in [0.2, 0.25) is 0 Å². The molecule has 0 aromatic carbocycles. The summed E-state index contributed by atoms with van der Waals surface area (Å²) in [6.45, 7) is 2.30. The van der Waals surface area contributed by atoms with E-state index in [1.807, 2.05) is 0 Å². The average molecular weight is 201 g/mol. The number of aliphatic hydroxyl groups excluding tert-OH is 1. The predicted molar refractivity (Wildman–Crippen MR) is 48.6 cm³/mol.